The summed E-state index contributed by atoms with van der Waals surface area (Å²) in [6.45, 7) is 5.06. The zero-order valence-corrected chi connectivity index (χ0v) is 26.5. The van der Waals surface area contributed by atoms with Crippen molar-refractivity contribution in [2.45, 2.75) is 63.4 Å². The second-order valence-electron chi connectivity index (χ2n) is 12.3. The fourth-order valence-electron chi connectivity index (χ4n) is 6.99. The Hall–Kier alpha value is -4.19. The molecule has 12 heteroatoms. The molecule has 2 saturated heterocycles. The third-order valence-electron chi connectivity index (χ3n) is 9.75. The summed E-state index contributed by atoms with van der Waals surface area (Å²) in [4.78, 5) is 39.8. The summed E-state index contributed by atoms with van der Waals surface area (Å²) in [5.41, 5.74) is 3.15. The minimum Gasteiger partial charge on any atom is -0.507 e. The smallest absolute Gasteiger partial charge is 0.335 e. The molecule has 11 nitrogen and oxygen atoms in total. The second-order valence-corrected chi connectivity index (χ2v) is 12.7. The molecule has 1 saturated carbocycles. The third-order valence-corrected chi connectivity index (χ3v) is 9.98. The molecule has 1 aliphatic carbocycles. The van der Waals surface area contributed by atoms with Gasteiger partial charge in [-0.1, -0.05) is 17.7 Å². The van der Waals surface area contributed by atoms with E-state index in [1.807, 2.05) is 6.07 Å². The van der Waals surface area contributed by atoms with Crippen molar-refractivity contribution in [1.82, 2.24) is 19.4 Å². The number of hydrogen-bond acceptors (Lipinski definition) is 9. The van der Waals surface area contributed by atoms with Crippen molar-refractivity contribution in [3.05, 3.63) is 76.3 Å². The van der Waals surface area contributed by atoms with E-state index in [0.717, 1.165) is 49.4 Å². The lowest BCUT2D eigenvalue weighted by Crippen LogP contribution is -2.64. The number of carboxylic acid groups (broad SMARTS) is 1. The molecule has 0 bridgehead atoms. The quantitative estimate of drug-likeness (QED) is 0.224. The molecule has 46 heavy (non-hydrogen) atoms. The van der Waals surface area contributed by atoms with E-state index < -0.39 is 11.9 Å². The van der Waals surface area contributed by atoms with Gasteiger partial charge in [0.15, 0.2) is 5.78 Å². The standard InChI is InChI=1S/C34H36ClN5O6/c1-19(23-7-6-21(35)16-36-23)33(42)31-26(4-3-5-28(31)41)39-12-11-38(24-8-9-25(24)39)18-30-37-32-27(40(30)17-22-10-13-46-22)14-20(34(43)44)15-29(32)45-2/h3-7,14-16,19,22,24-25,41H,8-13,17-18H2,1-2H3,(H,43,44). The highest BCUT2D eigenvalue weighted by atomic mass is 35.5. The van der Waals surface area contributed by atoms with E-state index in [1.165, 1.54) is 19.4 Å². The number of fused-ring (bicyclic) bond motifs is 2. The van der Waals surface area contributed by atoms with Gasteiger partial charge in [0, 0.05) is 38.0 Å². The molecule has 3 aliphatic rings. The highest BCUT2D eigenvalue weighted by molar-refractivity contribution is 6.30. The molecule has 2 aromatic carbocycles. The summed E-state index contributed by atoms with van der Waals surface area (Å²) < 4.78 is 13.4. The number of hydrogen-bond donors (Lipinski definition) is 2. The molecule has 4 atom stereocenters. The van der Waals surface area contributed by atoms with E-state index in [1.54, 1.807) is 37.3 Å². The Morgan fingerprint density at radius 1 is 1.13 bits per heavy atom. The largest absolute Gasteiger partial charge is 0.507 e. The van der Waals surface area contributed by atoms with Crippen LogP contribution in [0, 0.1) is 0 Å². The molecule has 240 valence electrons. The van der Waals surface area contributed by atoms with Crippen molar-refractivity contribution in [3.8, 4) is 11.5 Å². The molecule has 0 radical (unpaired) electrons. The van der Waals surface area contributed by atoms with E-state index >= 15 is 0 Å². The zero-order chi connectivity index (χ0) is 32.1. The van der Waals surface area contributed by atoms with Crippen molar-refractivity contribution in [2.75, 3.05) is 31.7 Å². The second kappa shape index (κ2) is 12.2. The number of rotatable bonds is 10. The van der Waals surface area contributed by atoms with E-state index in [0.29, 0.717) is 47.2 Å². The summed E-state index contributed by atoms with van der Waals surface area (Å²) in [6.07, 6.45) is 4.47. The number of aromatic nitrogens is 3. The number of phenols is 1. The topological polar surface area (TPSA) is 130 Å². The number of aromatic carboxylic acids is 1. The normalized spacial score (nSPS) is 21.7. The van der Waals surface area contributed by atoms with E-state index in [2.05, 4.69) is 19.4 Å². The number of anilines is 1. The number of piperazine rings is 1. The Bertz CT molecular complexity index is 1810. The van der Waals surface area contributed by atoms with Crippen LogP contribution in [0.15, 0.2) is 48.7 Å². The number of phenolic OH excluding ortho intramolecular Hbond substituents is 1. The summed E-state index contributed by atoms with van der Waals surface area (Å²) in [5, 5.41) is 21.2. The van der Waals surface area contributed by atoms with Crippen LogP contribution in [0.4, 0.5) is 5.69 Å². The van der Waals surface area contributed by atoms with Gasteiger partial charge in [-0.3, -0.25) is 14.7 Å². The Balaban J connectivity index is 1.17. The number of imidazole rings is 1. The molecule has 4 aromatic rings. The van der Waals surface area contributed by atoms with E-state index in [-0.39, 0.29) is 35.3 Å². The number of halogens is 1. The summed E-state index contributed by atoms with van der Waals surface area (Å²) >= 11 is 6.02. The first-order valence-electron chi connectivity index (χ1n) is 15.6. The number of methoxy groups -OCH3 is 1. The molecule has 2 N–H and O–H groups in total. The van der Waals surface area contributed by atoms with Gasteiger partial charge in [-0.2, -0.15) is 0 Å². The van der Waals surface area contributed by atoms with Crippen LogP contribution in [0.5, 0.6) is 11.5 Å². The minimum absolute atomic E-state index is 0.0387. The van der Waals surface area contributed by atoms with Gasteiger partial charge in [-0.25, -0.2) is 9.78 Å². The number of carbonyl (C=O) groups is 2. The first kappa shape index (κ1) is 30.5. The Morgan fingerprint density at radius 2 is 1.93 bits per heavy atom. The van der Waals surface area contributed by atoms with Crippen molar-refractivity contribution < 1.29 is 29.3 Å². The Morgan fingerprint density at radius 3 is 2.59 bits per heavy atom. The fraction of sp³-hybridized carbons (Fsp3) is 0.412. The predicted octanol–water partition coefficient (Wildman–Crippen LogP) is 5.13. The van der Waals surface area contributed by atoms with Crippen LogP contribution in [0.3, 0.4) is 0 Å². The molecule has 2 aromatic heterocycles. The number of nitrogens with zero attached hydrogens (tertiary/aromatic N) is 5. The Kier molecular flexibility index (Phi) is 8.08. The fourth-order valence-corrected chi connectivity index (χ4v) is 7.10. The highest BCUT2D eigenvalue weighted by Gasteiger charge is 2.44. The van der Waals surface area contributed by atoms with Crippen LogP contribution in [0.25, 0.3) is 11.0 Å². The number of pyridine rings is 1. The maximum atomic E-state index is 13.8. The van der Waals surface area contributed by atoms with Gasteiger partial charge in [0.2, 0.25) is 0 Å². The van der Waals surface area contributed by atoms with Gasteiger partial charge in [0.25, 0.3) is 0 Å². The average molecular weight is 646 g/mol. The Labute approximate surface area is 271 Å². The summed E-state index contributed by atoms with van der Waals surface area (Å²) in [6, 6.07) is 12.3. The summed E-state index contributed by atoms with van der Waals surface area (Å²) in [7, 11) is 1.53. The average Bonchev–Trinajstić information content (AvgIpc) is 3.35. The summed E-state index contributed by atoms with van der Waals surface area (Å²) in [5.74, 6) is -0.547. The van der Waals surface area contributed by atoms with Crippen molar-refractivity contribution in [2.24, 2.45) is 0 Å². The highest BCUT2D eigenvalue weighted by Crippen LogP contribution is 2.42. The van der Waals surface area contributed by atoms with Crippen LogP contribution in [0.1, 0.15) is 64.3 Å². The maximum absolute atomic E-state index is 13.8. The van der Waals surface area contributed by atoms with Crippen LogP contribution in [0.2, 0.25) is 5.02 Å². The van der Waals surface area contributed by atoms with Gasteiger partial charge in [-0.15, -0.1) is 0 Å². The SMILES string of the molecule is COc1cc(C(=O)O)cc2c1nc(CN1CCN(c3cccc(O)c3C(=O)C(C)c3ccc(Cl)cn3)C3CCC31)n2CC1CCO1. The van der Waals surface area contributed by atoms with Crippen LogP contribution in [-0.4, -0.2) is 86.4 Å². The first-order valence-corrected chi connectivity index (χ1v) is 16.0. The van der Waals surface area contributed by atoms with Gasteiger partial charge in [0.1, 0.15) is 22.8 Å². The van der Waals surface area contributed by atoms with Gasteiger partial charge >= 0.3 is 5.97 Å². The molecule has 3 fully saturated rings. The first-order chi connectivity index (χ1) is 22.2. The van der Waals surface area contributed by atoms with Crippen molar-refractivity contribution >= 4 is 40.1 Å². The molecule has 2 aliphatic heterocycles. The van der Waals surface area contributed by atoms with Crippen LogP contribution < -0.4 is 9.64 Å². The number of Topliss-reactive ketones (excluding diaryl/α,β-unsaturated/α-hetero) is 1. The number of ketones is 1. The third kappa shape index (κ3) is 5.36. The van der Waals surface area contributed by atoms with Gasteiger partial charge in [0.05, 0.1) is 65.3 Å². The molecule has 7 rings (SSSR count). The predicted molar refractivity (Wildman–Crippen MR) is 172 cm³/mol. The number of ether oxygens (including phenoxy) is 2. The van der Waals surface area contributed by atoms with Crippen LogP contribution >= 0.6 is 11.6 Å². The maximum Gasteiger partial charge on any atom is 0.335 e. The molecule has 4 heterocycles. The zero-order valence-electron chi connectivity index (χ0n) is 25.7. The van der Waals surface area contributed by atoms with Crippen molar-refractivity contribution in [3.63, 3.8) is 0 Å². The molecule has 0 spiro atoms. The molecule has 4 unspecified atom stereocenters. The van der Waals surface area contributed by atoms with Gasteiger partial charge in [-0.05, 0) is 62.6 Å². The van der Waals surface area contributed by atoms with Crippen LogP contribution in [-0.2, 0) is 17.8 Å². The number of aromatic hydroxyl groups is 1. The molecular weight excluding hydrogens is 610 g/mol. The monoisotopic (exact) mass is 645 g/mol. The van der Waals surface area contributed by atoms with E-state index in [4.69, 9.17) is 26.1 Å². The molecular formula is C34H36ClN5O6. The number of carboxylic acids is 1. The lowest BCUT2D eigenvalue weighted by molar-refractivity contribution is -0.0594. The lowest BCUT2D eigenvalue weighted by atomic mass is 9.80. The molecule has 0 amide bonds. The lowest BCUT2D eigenvalue weighted by Gasteiger charge is -2.55. The number of benzene rings is 2. The minimum atomic E-state index is -1.02. The van der Waals surface area contributed by atoms with Crippen molar-refractivity contribution in [1.29, 1.82) is 0 Å². The van der Waals surface area contributed by atoms with E-state index in [9.17, 15) is 19.8 Å². The van der Waals surface area contributed by atoms with Gasteiger partial charge < -0.3 is 29.2 Å². The number of carbonyl (C=O) groups excluding carboxylic acids is 1.